The average Bonchev–Trinajstić information content (AvgIpc) is 2.94. The van der Waals surface area contributed by atoms with Crippen LogP contribution >= 0.6 is 0 Å². The number of hydrogen-bond acceptors (Lipinski definition) is 3. The number of nitrogens with zero attached hydrogens (tertiary/aromatic N) is 2. The van der Waals surface area contributed by atoms with Gasteiger partial charge in [-0.2, -0.15) is 5.10 Å². The lowest BCUT2D eigenvalue weighted by Crippen LogP contribution is -2.30. The van der Waals surface area contributed by atoms with Crippen LogP contribution in [0.3, 0.4) is 0 Å². The molecule has 1 aromatic heterocycles. The number of aromatic nitrogens is 2. The van der Waals surface area contributed by atoms with Gasteiger partial charge in [-0.1, -0.05) is 18.2 Å². The van der Waals surface area contributed by atoms with Crippen molar-refractivity contribution in [3.63, 3.8) is 0 Å². The zero-order valence-corrected chi connectivity index (χ0v) is 11.5. The number of benzene rings is 1. The van der Waals surface area contributed by atoms with E-state index in [-0.39, 0.29) is 12.5 Å². The SMILES string of the molecule is O=CNC(CCC(=O)O)Cc1ccn(-c2ccccc2)n1. The predicted octanol–water partition coefficient (Wildman–Crippen LogP) is 1.39. The Morgan fingerprint density at radius 3 is 2.76 bits per heavy atom. The first-order chi connectivity index (χ1) is 10.2. The van der Waals surface area contributed by atoms with Crippen LogP contribution in [0, 0.1) is 0 Å². The lowest BCUT2D eigenvalue weighted by atomic mass is 10.1. The molecule has 1 heterocycles. The normalized spacial score (nSPS) is 11.8. The van der Waals surface area contributed by atoms with Gasteiger partial charge in [-0.15, -0.1) is 0 Å². The molecule has 2 N–H and O–H groups in total. The molecule has 0 saturated heterocycles. The monoisotopic (exact) mass is 287 g/mol. The van der Waals surface area contributed by atoms with Crippen LogP contribution in [0.15, 0.2) is 42.6 Å². The summed E-state index contributed by atoms with van der Waals surface area (Å²) in [6, 6.07) is 11.3. The predicted molar refractivity (Wildman–Crippen MR) is 77.1 cm³/mol. The smallest absolute Gasteiger partial charge is 0.303 e. The van der Waals surface area contributed by atoms with Crippen molar-refractivity contribution < 1.29 is 14.7 Å². The summed E-state index contributed by atoms with van der Waals surface area (Å²) in [5.41, 5.74) is 1.76. The number of carbonyl (C=O) groups is 2. The van der Waals surface area contributed by atoms with E-state index in [4.69, 9.17) is 5.11 Å². The molecule has 0 fully saturated rings. The van der Waals surface area contributed by atoms with E-state index in [0.717, 1.165) is 11.4 Å². The molecule has 0 aliphatic carbocycles. The van der Waals surface area contributed by atoms with Gasteiger partial charge in [0.05, 0.1) is 11.4 Å². The van der Waals surface area contributed by atoms with Crippen LogP contribution in [0.1, 0.15) is 18.5 Å². The molecule has 21 heavy (non-hydrogen) atoms. The first-order valence-electron chi connectivity index (χ1n) is 6.70. The molecule has 0 aliphatic heterocycles. The van der Waals surface area contributed by atoms with Crippen molar-refractivity contribution in [1.29, 1.82) is 0 Å². The molecule has 0 spiro atoms. The van der Waals surface area contributed by atoms with E-state index in [1.165, 1.54) is 0 Å². The van der Waals surface area contributed by atoms with Crippen molar-refractivity contribution in [1.82, 2.24) is 15.1 Å². The summed E-state index contributed by atoms with van der Waals surface area (Å²) < 4.78 is 1.75. The van der Waals surface area contributed by atoms with Crippen LogP contribution in [0.2, 0.25) is 0 Å². The van der Waals surface area contributed by atoms with Crippen molar-refractivity contribution in [2.24, 2.45) is 0 Å². The van der Waals surface area contributed by atoms with Crippen LogP contribution in [0.25, 0.3) is 5.69 Å². The van der Waals surface area contributed by atoms with Gasteiger partial charge in [0.2, 0.25) is 6.41 Å². The summed E-state index contributed by atoms with van der Waals surface area (Å²) in [6.07, 6.45) is 3.35. The van der Waals surface area contributed by atoms with E-state index < -0.39 is 5.97 Å². The maximum Gasteiger partial charge on any atom is 0.303 e. The number of rotatable bonds is 8. The van der Waals surface area contributed by atoms with Gasteiger partial charge in [-0.05, 0) is 24.6 Å². The van der Waals surface area contributed by atoms with Gasteiger partial charge in [0.25, 0.3) is 0 Å². The van der Waals surface area contributed by atoms with Gasteiger partial charge in [-0.3, -0.25) is 9.59 Å². The molecule has 1 amide bonds. The number of para-hydroxylation sites is 1. The third-order valence-electron chi connectivity index (χ3n) is 3.13. The molecule has 2 aromatic rings. The molecule has 1 aromatic carbocycles. The van der Waals surface area contributed by atoms with Crippen LogP contribution < -0.4 is 5.32 Å². The van der Waals surface area contributed by atoms with E-state index in [1.54, 1.807) is 4.68 Å². The minimum absolute atomic E-state index is 0.0188. The Balaban J connectivity index is 2.02. The molecule has 6 heteroatoms. The average molecular weight is 287 g/mol. The number of carbonyl (C=O) groups excluding carboxylic acids is 1. The maximum absolute atomic E-state index is 10.6. The molecule has 0 bridgehead atoms. The quantitative estimate of drug-likeness (QED) is 0.719. The van der Waals surface area contributed by atoms with E-state index in [2.05, 4.69) is 10.4 Å². The topological polar surface area (TPSA) is 84.2 Å². The fourth-order valence-electron chi connectivity index (χ4n) is 2.09. The molecule has 6 nitrogen and oxygen atoms in total. The van der Waals surface area contributed by atoms with E-state index in [0.29, 0.717) is 19.3 Å². The fourth-order valence-corrected chi connectivity index (χ4v) is 2.09. The Hall–Kier alpha value is -2.63. The number of carboxylic acids is 1. The molecular weight excluding hydrogens is 270 g/mol. The van der Waals surface area contributed by atoms with E-state index in [1.807, 2.05) is 42.6 Å². The molecule has 2 rings (SSSR count). The van der Waals surface area contributed by atoms with Crippen LogP contribution in [0.5, 0.6) is 0 Å². The van der Waals surface area contributed by atoms with Gasteiger partial charge in [0, 0.05) is 25.1 Å². The zero-order chi connectivity index (χ0) is 15.1. The molecule has 0 saturated carbocycles. The lowest BCUT2D eigenvalue weighted by molar-refractivity contribution is -0.137. The summed E-state index contributed by atoms with van der Waals surface area (Å²) in [4.78, 5) is 21.2. The summed E-state index contributed by atoms with van der Waals surface area (Å²) in [7, 11) is 0. The number of aliphatic carboxylic acids is 1. The molecular formula is C15H17N3O3. The van der Waals surface area contributed by atoms with Crippen LogP contribution in [0.4, 0.5) is 0 Å². The third kappa shape index (κ3) is 4.45. The second kappa shape index (κ2) is 7.23. The van der Waals surface area contributed by atoms with Crippen molar-refractivity contribution in [3.8, 4) is 5.69 Å². The van der Waals surface area contributed by atoms with Gasteiger partial charge in [-0.25, -0.2) is 4.68 Å². The summed E-state index contributed by atoms with van der Waals surface area (Å²) in [6.45, 7) is 0. The van der Waals surface area contributed by atoms with Gasteiger partial charge in [0.15, 0.2) is 0 Å². The lowest BCUT2D eigenvalue weighted by Gasteiger charge is -2.13. The summed E-state index contributed by atoms with van der Waals surface area (Å²) in [5, 5.41) is 15.8. The second-order valence-corrected chi connectivity index (χ2v) is 4.71. The number of nitrogens with one attached hydrogen (secondary N) is 1. The Labute approximate surface area is 122 Å². The number of amides is 1. The Kier molecular flexibility index (Phi) is 5.09. The number of carboxylic acid groups (broad SMARTS) is 1. The van der Waals surface area contributed by atoms with Crippen LogP contribution in [-0.2, 0) is 16.0 Å². The highest BCUT2D eigenvalue weighted by atomic mass is 16.4. The number of hydrogen-bond donors (Lipinski definition) is 2. The first-order valence-corrected chi connectivity index (χ1v) is 6.70. The molecule has 1 atom stereocenters. The summed E-state index contributed by atoms with van der Waals surface area (Å²) in [5.74, 6) is -0.873. The van der Waals surface area contributed by atoms with Gasteiger partial charge in [0.1, 0.15) is 0 Å². The molecule has 0 aliphatic rings. The minimum Gasteiger partial charge on any atom is -0.481 e. The Morgan fingerprint density at radius 2 is 2.10 bits per heavy atom. The van der Waals surface area contributed by atoms with Crippen LogP contribution in [-0.4, -0.2) is 33.3 Å². The first kappa shape index (κ1) is 14.8. The van der Waals surface area contributed by atoms with Crippen molar-refractivity contribution in [3.05, 3.63) is 48.3 Å². The van der Waals surface area contributed by atoms with E-state index >= 15 is 0 Å². The zero-order valence-electron chi connectivity index (χ0n) is 11.5. The highest BCUT2D eigenvalue weighted by molar-refractivity contribution is 5.66. The second-order valence-electron chi connectivity index (χ2n) is 4.71. The standard InChI is InChI=1S/C15H17N3O3/c19-11-16-12(6-7-15(20)21)10-13-8-9-18(17-13)14-4-2-1-3-5-14/h1-5,8-9,11-12H,6-7,10H2,(H,16,19)(H,20,21). The molecule has 110 valence electrons. The highest BCUT2D eigenvalue weighted by Crippen LogP contribution is 2.10. The Bertz CT molecular complexity index is 595. The van der Waals surface area contributed by atoms with Crippen molar-refractivity contribution in [2.45, 2.75) is 25.3 Å². The molecule has 1 unspecified atom stereocenters. The molecule has 0 radical (unpaired) electrons. The van der Waals surface area contributed by atoms with Gasteiger partial charge >= 0.3 is 5.97 Å². The highest BCUT2D eigenvalue weighted by Gasteiger charge is 2.12. The summed E-state index contributed by atoms with van der Waals surface area (Å²) >= 11 is 0. The van der Waals surface area contributed by atoms with E-state index in [9.17, 15) is 9.59 Å². The Morgan fingerprint density at radius 1 is 1.33 bits per heavy atom. The van der Waals surface area contributed by atoms with Crippen molar-refractivity contribution in [2.75, 3.05) is 0 Å². The fraction of sp³-hybridized carbons (Fsp3) is 0.267. The minimum atomic E-state index is -0.873. The maximum atomic E-state index is 10.6. The third-order valence-corrected chi connectivity index (χ3v) is 3.13. The largest absolute Gasteiger partial charge is 0.481 e. The van der Waals surface area contributed by atoms with Gasteiger partial charge < -0.3 is 10.4 Å². The van der Waals surface area contributed by atoms with Crippen molar-refractivity contribution >= 4 is 12.4 Å².